The molecule has 2 aromatic heterocycles. The number of nitrogens with one attached hydrogen (secondary N) is 1. The number of hydrogen-bond acceptors (Lipinski definition) is 5. The van der Waals surface area contributed by atoms with Crippen molar-refractivity contribution in [2.24, 2.45) is 0 Å². The van der Waals surface area contributed by atoms with E-state index in [4.69, 9.17) is 4.98 Å². The van der Waals surface area contributed by atoms with E-state index in [9.17, 15) is 9.59 Å². The fourth-order valence-electron chi connectivity index (χ4n) is 4.00. The van der Waals surface area contributed by atoms with Crippen LogP contribution in [0.5, 0.6) is 0 Å². The number of H-pyrrole nitrogens is 1. The Morgan fingerprint density at radius 1 is 1.23 bits per heavy atom. The molecule has 9 nitrogen and oxygen atoms in total. The number of likely N-dealkylation sites (N-methyl/N-ethyl adjacent to an activating group) is 1. The van der Waals surface area contributed by atoms with E-state index < -0.39 is 0 Å². The molecule has 1 saturated heterocycles. The predicted octanol–water partition coefficient (Wildman–Crippen LogP) is 2.04. The molecule has 1 unspecified atom stereocenters. The van der Waals surface area contributed by atoms with E-state index >= 15 is 0 Å². The molecule has 0 saturated carbocycles. The standard InChI is InChI=1S/C21H27N7O2/c1-3-26(4-2)19(29)14-28-13-18(24-25-28)21(30)27-11-7-8-15(12-27)20-22-16-9-5-6-10-17(16)23-20/h5-6,9-10,13,15H,3-4,7-8,11-12,14H2,1-2H3,(H,22,23). The fraction of sp³-hybridized carbons (Fsp3) is 0.476. The summed E-state index contributed by atoms with van der Waals surface area (Å²) in [6.07, 6.45) is 3.45. The number of carbonyl (C=O) groups is 2. The zero-order valence-electron chi connectivity index (χ0n) is 17.4. The van der Waals surface area contributed by atoms with Crippen molar-refractivity contribution in [2.75, 3.05) is 26.2 Å². The number of likely N-dealkylation sites (tertiary alicyclic amines) is 1. The van der Waals surface area contributed by atoms with E-state index in [0.29, 0.717) is 26.2 Å². The fourth-order valence-corrected chi connectivity index (χ4v) is 4.00. The van der Waals surface area contributed by atoms with Gasteiger partial charge in [-0.1, -0.05) is 17.3 Å². The number of aromatic amines is 1. The molecular weight excluding hydrogens is 382 g/mol. The Morgan fingerprint density at radius 2 is 2.03 bits per heavy atom. The molecule has 4 rings (SSSR count). The number of fused-ring (bicyclic) bond motifs is 1. The number of aromatic nitrogens is 5. The van der Waals surface area contributed by atoms with Crippen molar-refractivity contribution in [3.8, 4) is 0 Å². The van der Waals surface area contributed by atoms with Crippen molar-refractivity contribution in [2.45, 2.75) is 39.2 Å². The average molecular weight is 409 g/mol. The summed E-state index contributed by atoms with van der Waals surface area (Å²) < 4.78 is 1.44. The second-order valence-corrected chi connectivity index (χ2v) is 7.60. The Bertz CT molecular complexity index is 1000. The first-order chi connectivity index (χ1) is 14.6. The molecule has 30 heavy (non-hydrogen) atoms. The van der Waals surface area contributed by atoms with Crippen LogP contribution >= 0.6 is 0 Å². The lowest BCUT2D eigenvalue weighted by molar-refractivity contribution is -0.131. The zero-order valence-corrected chi connectivity index (χ0v) is 17.4. The van der Waals surface area contributed by atoms with Gasteiger partial charge in [0, 0.05) is 32.1 Å². The number of carbonyl (C=O) groups excluding carboxylic acids is 2. The van der Waals surface area contributed by atoms with Gasteiger partial charge in [0.15, 0.2) is 5.69 Å². The third-order valence-corrected chi connectivity index (χ3v) is 5.67. The van der Waals surface area contributed by atoms with E-state index in [2.05, 4.69) is 15.3 Å². The van der Waals surface area contributed by atoms with Gasteiger partial charge in [-0.3, -0.25) is 9.59 Å². The van der Waals surface area contributed by atoms with E-state index in [-0.39, 0.29) is 30.0 Å². The number of imidazole rings is 1. The molecule has 0 spiro atoms. The normalized spacial score (nSPS) is 16.7. The molecule has 0 bridgehead atoms. The van der Waals surface area contributed by atoms with Crippen LogP contribution in [0.25, 0.3) is 11.0 Å². The molecule has 2 amide bonds. The topological polar surface area (TPSA) is 100 Å². The first-order valence-electron chi connectivity index (χ1n) is 10.5. The van der Waals surface area contributed by atoms with Gasteiger partial charge in [-0.15, -0.1) is 5.10 Å². The van der Waals surface area contributed by atoms with E-state index in [1.807, 2.05) is 43.0 Å². The van der Waals surface area contributed by atoms with Crippen LogP contribution in [-0.2, 0) is 11.3 Å². The lowest BCUT2D eigenvalue weighted by Crippen LogP contribution is -2.39. The van der Waals surface area contributed by atoms with Crippen molar-refractivity contribution >= 4 is 22.8 Å². The SMILES string of the molecule is CCN(CC)C(=O)Cn1cc(C(=O)N2CCCC(c3nc4ccccc4[nH]3)C2)nn1. The van der Waals surface area contributed by atoms with Gasteiger partial charge in [0.25, 0.3) is 5.91 Å². The van der Waals surface area contributed by atoms with Crippen LogP contribution in [0, 0.1) is 0 Å². The number of amides is 2. The van der Waals surface area contributed by atoms with Gasteiger partial charge < -0.3 is 14.8 Å². The number of piperidine rings is 1. The molecule has 1 fully saturated rings. The molecule has 1 aromatic carbocycles. The van der Waals surface area contributed by atoms with Crippen molar-refractivity contribution < 1.29 is 9.59 Å². The van der Waals surface area contributed by atoms with Crippen molar-refractivity contribution in [1.82, 2.24) is 34.8 Å². The predicted molar refractivity (Wildman–Crippen MR) is 112 cm³/mol. The first kappa shape index (κ1) is 20.1. The van der Waals surface area contributed by atoms with Gasteiger partial charge >= 0.3 is 0 Å². The Kier molecular flexibility index (Phi) is 5.78. The van der Waals surface area contributed by atoms with Crippen LogP contribution < -0.4 is 0 Å². The van der Waals surface area contributed by atoms with Crippen molar-refractivity contribution in [1.29, 1.82) is 0 Å². The molecule has 3 aromatic rings. The lowest BCUT2D eigenvalue weighted by atomic mass is 9.97. The van der Waals surface area contributed by atoms with Gasteiger partial charge in [-0.2, -0.15) is 0 Å². The number of para-hydroxylation sites is 2. The van der Waals surface area contributed by atoms with Crippen molar-refractivity contribution in [3.05, 3.63) is 42.0 Å². The minimum absolute atomic E-state index is 0.0354. The van der Waals surface area contributed by atoms with Crippen LogP contribution in [0.15, 0.2) is 30.5 Å². The van der Waals surface area contributed by atoms with Crippen LogP contribution in [0.3, 0.4) is 0 Å². The maximum absolute atomic E-state index is 13.0. The summed E-state index contributed by atoms with van der Waals surface area (Å²) in [6.45, 7) is 6.52. The van der Waals surface area contributed by atoms with Gasteiger partial charge in [0.2, 0.25) is 5.91 Å². The number of rotatable bonds is 6. The third kappa shape index (κ3) is 4.05. The zero-order chi connectivity index (χ0) is 21.1. The number of nitrogens with zero attached hydrogens (tertiary/aromatic N) is 6. The summed E-state index contributed by atoms with van der Waals surface area (Å²) in [4.78, 5) is 36.9. The molecule has 0 aliphatic carbocycles. The highest BCUT2D eigenvalue weighted by Crippen LogP contribution is 2.27. The van der Waals surface area contributed by atoms with E-state index in [1.165, 1.54) is 4.68 Å². The van der Waals surface area contributed by atoms with Crippen LogP contribution in [0.2, 0.25) is 0 Å². The second-order valence-electron chi connectivity index (χ2n) is 7.60. The molecule has 0 radical (unpaired) electrons. The third-order valence-electron chi connectivity index (χ3n) is 5.67. The van der Waals surface area contributed by atoms with Gasteiger partial charge in [0.05, 0.1) is 17.2 Å². The summed E-state index contributed by atoms with van der Waals surface area (Å²) in [5, 5.41) is 8.00. The summed E-state index contributed by atoms with van der Waals surface area (Å²) in [6, 6.07) is 7.95. The second kappa shape index (κ2) is 8.64. The molecule has 1 aliphatic heterocycles. The minimum atomic E-state index is -0.155. The van der Waals surface area contributed by atoms with Crippen molar-refractivity contribution in [3.63, 3.8) is 0 Å². The Balaban J connectivity index is 1.43. The van der Waals surface area contributed by atoms with Gasteiger partial charge in [-0.05, 0) is 38.8 Å². The molecule has 9 heteroatoms. The maximum atomic E-state index is 13.0. The monoisotopic (exact) mass is 409 g/mol. The molecule has 158 valence electrons. The van der Waals surface area contributed by atoms with Crippen LogP contribution in [0.1, 0.15) is 48.9 Å². The first-order valence-corrected chi connectivity index (χ1v) is 10.5. The highest BCUT2D eigenvalue weighted by molar-refractivity contribution is 5.92. The molecule has 1 atom stereocenters. The Hall–Kier alpha value is -3.23. The maximum Gasteiger partial charge on any atom is 0.276 e. The van der Waals surface area contributed by atoms with Gasteiger partial charge in [-0.25, -0.2) is 9.67 Å². The van der Waals surface area contributed by atoms with Gasteiger partial charge in [0.1, 0.15) is 12.4 Å². The average Bonchev–Trinajstić information content (AvgIpc) is 3.41. The Morgan fingerprint density at radius 3 is 2.80 bits per heavy atom. The van der Waals surface area contributed by atoms with E-state index in [1.54, 1.807) is 11.1 Å². The molecular formula is C21H27N7O2. The lowest BCUT2D eigenvalue weighted by Gasteiger charge is -2.31. The summed E-state index contributed by atoms with van der Waals surface area (Å²) in [7, 11) is 0. The smallest absolute Gasteiger partial charge is 0.276 e. The van der Waals surface area contributed by atoms with Crippen LogP contribution in [0.4, 0.5) is 0 Å². The molecule has 1 aliphatic rings. The highest BCUT2D eigenvalue weighted by atomic mass is 16.2. The number of hydrogen-bond donors (Lipinski definition) is 1. The highest BCUT2D eigenvalue weighted by Gasteiger charge is 2.29. The van der Waals surface area contributed by atoms with E-state index in [0.717, 1.165) is 29.7 Å². The molecule has 1 N–H and O–H groups in total. The summed E-state index contributed by atoms with van der Waals surface area (Å²) >= 11 is 0. The Labute approximate surface area is 175 Å². The largest absolute Gasteiger partial charge is 0.342 e. The number of benzene rings is 1. The quantitative estimate of drug-likeness (QED) is 0.672. The molecule has 3 heterocycles. The minimum Gasteiger partial charge on any atom is -0.342 e. The summed E-state index contributed by atoms with van der Waals surface area (Å²) in [5.41, 5.74) is 2.22. The summed E-state index contributed by atoms with van der Waals surface area (Å²) in [5.74, 6) is 0.890. The van der Waals surface area contributed by atoms with Crippen LogP contribution in [-0.4, -0.2) is 72.8 Å².